The molecule has 0 saturated heterocycles. The van der Waals surface area contributed by atoms with E-state index >= 15 is 0 Å². The van der Waals surface area contributed by atoms with E-state index in [0.29, 0.717) is 5.92 Å². The van der Waals surface area contributed by atoms with Gasteiger partial charge in [0.25, 0.3) is 0 Å². The molecule has 2 aliphatic rings. The van der Waals surface area contributed by atoms with Crippen molar-refractivity contribution in [3.05, 3.63) is 39.6 Å². The van der Waals surface area contributed by atoms with Crippen LogP contribution in [0.3, 0.4) is 0 Å². The van der Waals surface area contributed by atoms with E-state index in [-0.39, 0.29) is 17.9 Å². The number of amides is 1. The van der Waals surface area contributed by atoms with Gasteiger partial charge in [-0.15, -0.1) is 11.3 Å². The molecule has 2 aromatic heterocycles. The van der Waals surface area contributed by atoms with Crippen molar-refractivity contribution in [3.63, 3.8) is 0 Å². The Bertz CT molecular complexity index is 717. The van der Waals surface area contributed by atoms with E-state index < -0.39 is 0 Å². The predicted octanol–water partition coefficient (Wildman–Crippen LogP) is 2.80. The molecule has 1 N–H and O–H groups in total. The monoisotopic (exact) mass is 315 g/mol. The summed E-state index contributed by atoms with van der Waals surface area (Å²) in [6.07, 6.45) is 5.05. The summed E-state index contributed by atoms with van der Waals surface area (Å²) in [6.45, 7) is 5.01. The quantitative estimate of drug-likeness (QED) is 0.947. The van der Waals surface area contributed by atoms with Crippen LogP contribution in [0.5, 0.6) is 0 Å². The molecule has 116 valence electrons. The number of nitrogens with one attached hydrogen (secondary N) is 1. The molecule has 0 radical (unpaired) electrons. The molecule has 3 atom stereocenters. The maximum atomic E-state index is 12.4. The van der Waals surface area contributed by atoms with Gasteiger partial charge in [0, 0.05) is 46.8 Å². The number of fused-ring (bicyclic) bond motifs is 1. The Morgan fingerprint density at radius 2 is 2.27 bits per heavy atom. The summed E-state index contributed by atoms with van der Waals surface area (Å²) in [5.41, 5.74) is 1.07. The van der Waals surface area contributed by atoms with Crippen LogP contribution in [-0.2, 0) is 17.8 Å². The third kappa shape index (κ3) is 2.58. The van der Waals surface area contributed by atoms with Gasteiger partial charge in [0.05, 0.1) is 5.69 Å². The Morgan fingerprint density at radius 1 is 1.41 bits per heavy atom. The molecule has 5 heteroatoms. The number of rotatable bonds is 3. The maximum Gasteiger partial charge on any atom is 0.224 e. The van der Waals surface area contributed by atoms with Gasteiger partial charge in [0.15, 0.2) is 0 Å². The number of aryl methyl sites for hydroxylation is 3. The first-order valence-corrected chi connectivity index (χ1v) is 8.81. The first kappa shape index (κ1) is 14.0. The number of carbonyl (C=O) groups excluding carboxylic acids is 1. The Morgan fingerprint density at radius 3 is 3.05 bits per heavy atom. The summed E-state index contributed by atoms with van der Waals surface area (Å²) in [7, 11) is 0. The van der Waals surface area contributed by atoms with Crippen molar-refractivity contribution in [2.45, 2.75) is 51.6 Å². The molecule has 0 aromatic carbocycles. The lowest BCUT2D eigenvalue weighted by atomic mass is 10.1. The van der Waals surface area contributed by atoms with Gasteiger partial charge >= 0.3 is 0 Å². The lowest BCUT2D eigenvalue weighted by Crippen LogP contribution is -2.41. The van der Waals surface area contributed by atoms with Gasteiger partial charge in [-0.05, 0) is 38.8 Å². The van der Waals surface area contributed by atoms with Gasteiger partial charge in [0.1, 0.15) is 5.82 Å². The third-order valence-corrected chi connectivity index (χ3v) is 5.85. The summed E-state index contributed by atoms with van der Waals surface area (Å²) in [6, 6.07) is 4.58. The van der Waals surface area contributed by atoms with E-state index in [9.17, 15) is 4.79 Å². The first-order valence-electron chi connectivity index (χ1n) is 7.99. The van der Waals surface area contributed by atoms with E-state index in [1.165, 1.54) is 9.75 Å². The summed E-state index contributed by atoms with van der Waals surface area (Å²) in [4.78, 5) is 19.7. The molecule has 1 fully saturated rings. The topological polar surface area (TPSA) is 46.9 Å². The Kier molecular flexibility index (Phi) is 3.33. The molecule has 4 rings (SSSR count). The molecule has 4 nitrogen and oxygen atoms in total. The minimum atomic E-state index is 0.184. The van der Waals surface area contributed by atoms with Crippen LogP contribution in [-0.4, -0.2) is 21.5 Å². The zero-order chi connectivity index (χ0) is 15.3. The largest absolute Gasteiger partial charge is 0.351 e. The van der Waals surface area contributed by atoms with Crippen LogP contribution >= 0.6 is 11.3 Å². The molecule has 1 aliphatic carbocycles. The molecule has 1 aliphatic heterocycles. The number of nitrogens with zero attached hydrogens (tertiary/aromatic N) is 2. The summed E-state index contributed by atoms with van der Waals surface area (Å²) in [5.74, 6) is 2.03. The highest BCUT2D eigenvalue weighted by Crippen LogP contribution is 2.49. The lowest BCUT2D eigenvalue weighted by molar-refractivity contribution is -0.123. The second kappa shape index (κ2) is 5.23. The first-order chi connectivity index (χ1) is 10.6. The number of carbonyl (C=O) groups is 1. The zero-order valence-electron chi connectivity index (χ0n) is 13.0. The van der Waals surface area contributed by atoms with Crippen molar-refractivity contribution in [1.29, 1.82) is 0 Å². The minimum Gasteiger partial charge on any atom is -0.351 e. The number of hydrogen-bond acceptors (Lipinski definition) is 3. The van der Waals surface area contributed by atoms with Crippen LogP contribution in [0.25, 0.3) is 0 Å². The van der Waals surface area contributed by atoms with Crippen molar-refractivity contribution < 1.29 is 4.79 Å². The van der Waals surface area contributed by atoms with Gasteiger partial charge in [-0.1, -0.05) is 0 Å². The van der Waals surface area contributed by atoms with Gasteiger partial charge in [-0.3, -0.25) is 4.79 Å². The van der Waals surface area contributed by atoms with Crippen molar-refractivity contribution in [3.8, 4) is 0 Å². The van der Waals surface area contributed by atoms with E-state index in [2.05, 4.69) is 40.1 Å². The van der Waals surface area contributed by atoms with Crippen molar-refractivity contribution in [1.82, 2.24) is 14.9 Å². The molecule has 2 aromatic rings. The molecule has 3 unspecified atom stereocenters. The molecule has 1 amide bonds. The predicted molar refractivity (Wildman–Crippen MR) is 87.1 cm³/mol. The highest BCUT2D eigenvalue weighted by molar-refractivity contribution is 7.12. The second-order valence-corrected chi connectivity index (χ2v) is 7.91. The molecule has 1 saturated carbocycles. The summed E-state index contributed by atoms with van der Waals surface area (Å²) in [5, 5.41) is 3.25. The average molecular weight is 315 g/mol. The maximum absolute atomic E-state index is 12.4. The zero-order valence-corrected chi connectivity index (χ0v) is 13.8. The fraction of sp³-hybridized carbons (Fsp3) is 0.529. The van der Waals surface area contributed by atoms with Crippen molar-refractivity contribution in [2.75, 3.05) is 0 Å². The molecular weight excluding hydrogens is 294 g/mol. The van der Waals surface area contributed by atoms with Crippen LogP contribution in [0.15, 0.2) is 18.3 Å². The third-order valence-electron chi connectivity index (χ3n) is 4.71. The fourth-order valence-corrected chi connectivity index (χ4v) is 4.52. The van der Waals surface area contributed by atoms with Crippen molar-refractivity contribution in [2.24, 2.45) is 5.92 Å². The molecular formula is C17H21N3OS. The van der Waals surface area contributed by atoms with Gasteiger partial charge < -0.3 is 9.88 Å². The Balaban J connectivity index is 1.36. The highest BCUT2D eigenvalue weighted by Gasteiger charge is 2.45. The highest BCUT2D eigenvalue weighted by atomic mass is 32.1. The van der Waals surface area contributed by atoms with Gasteiger partial charge in [-0.2, -0.15) is 0 Å². The standard InChI is InChI=1S/C17H21N3OS/c1-10-8-20-9-12(4-6-16(20)18-10)19-17(21)14-7-13(14)15-5-3-11(2)22-15/h3,5,8,12-14H,4,6-7,9H2,1-2H3,(H,19,21). The second-order valence-electron chi connectivity index (χ2n) is 6.59. The van der Waals surface area contributed by atoms with Crippen LogP contribution in [0.1, 0.15) is 40.0 Å². The summed E-state index contributed by atoms with van der Waals surface area (Å²) >= 11 is 1.83. The molecule has 3 heterocycles. The fourth-order valence-electron chi connectivity index (χ4n) is 3.46. The van der Waals surface area contributed by atoms with Gasteiger partial charge in [-0.25, -0.2) is 4.98 Å². The molecule has 0 bridgehead atoms. The Labute approximate surface area is 134 Å². The Hall–Kier alpha value is -1.62. The molecule has 22 heavy (non-hydrogen) atoms. The normalized spacial score (nSPS) is 26.5. The molecule has 0 spiro atoms. The summed E-state index contributed by atoms with van der Waals surface area (Å²) < 4.78 is 2.19. The van der Waals surface area contributed by atoms with E-state index in [4.69, 9.17) is 0 Å². The van der Waals surface area contributed by atoms with Crippen molar-refractivity contribution >= 4 is 17.2 Å². The van der Waals surface area contributed by atoms with Crippen LogP contribution < -0.4 is 5.32 Å². The van der Waals surface area contributed by atoms with E-state index in [1.54, 1.807) is 0 Å². The number of hydrogen-bond donors (Lipinski definition) is 1. The van der Waals surface area contributed by atoms with E-state index in [1.807, 2.05) is 18.3 Å². The average Bonchev–Trinajstić information content (AvgIpc) is 3.03. The number of aromatic nitrogens is 2. The number of thiophene rings is 1. The van der Waals surface area contributed by atoms with Crippen LogP contribution in [0.4, 0.5) is 0 Å². The number of imidazole rings is 1. The van der Waals surface area contributed by atoms with Crippen LogP contribution in [0, 0.1) is 19.8 Å². The smallest absolute Gasteiger partial charge is 0.224 e. The minimum absolute atomic E-state index is 0.184. The lowest BCUT2D eigenvalue weighted by Gasteiger charge is -2.24. The van der Waals surface area contributed by atoms with Gasteiger partial charge in [0.2, 0.25) is 5.91 Å². The van der Waals surface area contributed by atoms with Crippen LogP contribution in [0.2, 0.25) is 0 Å². The SMILES string of the molecule is Cc1cn2c(n1)CCC(NC(=O)C1CC1c1ccc(C)s1)C2. The van der Waals surface area contributed by atoms with E-state index in [0.717, 1.165) is 37.3 Å².